The van der Waals surface area contributed by atoms with Crippen molar-refractivity contribution < 1.29 is 9.53 Å². The fourth-order valence-electron chi connectivity index (χ4n) is 2.21. The average Bonchev–Trinajstić information content (AvgIpc) is 2.09. The second-order valence-corrected chi connectivity index (χ2v) is 6.36. The molecule has 1 aliphatic rings. The van der Waals surface area contributed by atoms with Gasteiger partial charge in [0, 0.05) is 0 Å². The maximum Gasteiger partial charge on any atom is 0.326 e. The first-order valence-electron chi connectivity index (χ1n) is 6.16. The third-order valence-electron chi connectivity index (χ3n) is 3.51. The molecule has 1 fully saturated rings. The maximum absolute atomic E-state index is 12.0. The summed E-state index contributed by atoms with van der Waals surface area (Å²) in [6.45, 7) is 10.0. The van der Waals surface area contributed by atoms with Crippen LogP contribution < -0.4 is 5.73 Å². The summed E-state index contributed by atoms with van der Waals surface area (Å²) in [5.74, 6) is 0.907. The quantitative estimate of drug-likeness (QED) is 0.700. The molecule has 0 amide bonds. The molecule has 16 heavy (non-hydrogen) atoms. The molecule has 1 rings (SSSR count). The van der Waals surface area contributed by atoms with E-state index in [1.807, 2.05) is 20.8 Å². The SMILES string of the molecule is C[C@@H]1CC[C@](N)(C(=O)OC(C)(C)C)C[C@@H]1C. The molecule has 3 heteroatoms. The van der Waals surface area contributed by atoms with E-state index in [1.165, 1.54) is 0 Å². The van der Waals surface area contributed by atoms with E-state index in [-0.39, 0.29) is 5.97 Å². The highest BCUT2D eigenvalue weighted by Gasteiger charge is 2.42. The zero-order valence-corrected chi connectivity index (χ0v) is 11.2. The lowest BCUT2D eigenvalue weighted by molar-refractivity contribution is -0.164. The summed E-state index contributed by atoms with van der Waals surface area (Å²) < 4.78 is 5.40. The van der Waals surface area contributed by atoms with Crippen LogP contribution in [0, 0.1) is 11.8 Å². The lowest BCUT2D eigenvalue weighted by Gasteiger charge is -2.39. The molecule has 0 unspecified atom stereocenters. The number of rotatable bonds is 1. The van der Waals surface area contributed by atoms with Crippen molar-refractivity contribution in [1.29, 1.82) is 0 Å². The van der Waals surface area contributed by atoms with Crippen LogP contribution in [0.4, 0.5) is 0 Å². The molecule has 0 radical (unpaired) electrons. The molecule has 0 spiro atoms. The Morgan fingerprint density at radius 3 is 2.31 bits per heavy atom. The number of esters is 1. The van der Waals surface area contributed by atoms with Gasteiger partial charge < -0.3 is 10.5 Å². The van der Waals surface area contributed by atoms with E-state index in [2.05, 4.69) is 13.8 Å². The van der Waals surface area contributed by atoms with Crippen LogP contribution in [0.2, 0.25) is 0 Å². The minimum atomic E-state index is -0.765. The van der Waals surface area contributed by atoms with Crippen LogP contribution in [-0.2, 0) is 9.53 Å². The smallest absolute Gasteiger partial charge is 0.326 e. The standard InChI is InChI=1S/C13H25NO2/c1-9-6-7-13(14,8-10(9)2)11(15)16-12(3,4)5/h9-10H,6-8,14H2,1-5H3/t9-,10+,13-/m1/s1. The number of nitrogens with two attached hydrogens (primary N) is 1. The van der Waals surface area contributed by atoms with E-state index < -0.39 is 11.1 Å². The molecule has 0 aromatic carbocycles. The highest BCUT2D eigenvalue weighted by Crippen LogP contribution is 2.36. The highest BCUT2D eigenvalue weighted by atomic mass is 16.6. The predicted octanol–water partition coefficient (Wildman–Crippen LogP) is 2.48. The Kier molecular flexibility index (Phi) is 3.68. The van der Waals surface area contributed by atoms with Crippen LogP contribution in [-0.4, -0.2) is 17.1 Å². The van der Waals surface area contributed by atoms with Crippen molar-refractivity contribution in [2.75, 3.05) is 0 Å². The van der Waals surface area contributed by atoms with Gasteiger partial charge in [0.2, 0.25) is 0 Å². The van der Waals surface area contributed by atoms with Crippen molar-refractivity contribution in [3.63, 3.8) is 0 Å². The molecule has 0 saturated heterocycles. The molecular formula is C13H25NO2. The Hall–Kier alpha value is -0.570. The Labute approximate surface area is 98.7 Å². The molecule has 2 N–H and O–H groups in total. The molecule has 0 heterocycles. The summed E-state index contributed by atoms with van der Waals surface area (Å²) >= 11 is 0. The zero-order valence-electron chi connectivity index (χ0n) is 11.2. The minimum Gasteiger partial charge on any atom is -0.459 e. The summed E-state index contributed by atoms with van der Waals surface area (Å²) in [6, 6.07) is 0. The van der Waals surface area contributed by atoms with Gasteiger partial charge in [0.25, 0.3) is 0 Å². The third kappa shape index (κ3) is 3.21. The van der Waals surface area contributed by atoms with Crippen LogP contribution >= 0.6 is 0 Å². The van der Waals surface area contributed by atoms with Gasteiger partial charge in [-0.1, -0.05) is 13.8 Å². The maximum atomic E-state index is 12.0. The van der Waals surface area contributed by atoms with Gasteiger partial charge in [-0.3, -0.25) is 4.79 Å². The van der Waals surface area contributed by atoms with Gasteiger partial charge in [-0.2, -0.15) is 0 Å². The minimum absolute atomic E-state index is 0.237. The Morgan fingerprint density at radius 2 is 1.88 bits per heavy atom. The van der Waals surface area contributed by atoms with Crippen molar-refractivity contribution in [3.05, 3.63) is 0 Å². The first kappa shape index (κ1) is 13.5. The van der Waals surface area contributed by atoms with E-state index in [4.69, 9.17) is 10.5 Å². The van der Waals surface area contributed by atoms with E-state index in [0.717, 1.165) is 19.3 Å². The average molecular weight is 227 g/mol. The second-order valence-electron chi connectivity index (χ2n) is 6.36. The number of carbonyl (C=O) groups is 1. The lowest BCUT2D eigenvalue weighted by Crippen LogP contribution is -2.54. The van der Waals surface area contributed by atoms with Gasteiger partial charge >= 0.3 is 5.97 Å². The van der Waals surface area contributed by atoms with E-state index in [0.29, 0.717) is 11.8 Å². The summed E-state index contributed by atoms with van der Waals surface area (Å²) in [4.78, 5) is 12.0. The zero-order chi connectivity index (χ0) is 12.6. The molecule has 3 atom stereocenters. The highest BCUT2D eigenvalue weighted by molar-refractivity contribution is 5.81. The van der Waals surface area contributed by atoms with Gasteiger partial charge in [0.05, 0.1) is 0 Å². The Balaban J connectivity index is 2.68. The molecule has 1 saturated carbocycles. The van der Waals surface area contributed by atoms with Crippen molar-refractivity contribution in [2.24, 2.45) is 17.6 Å². The molecule has 0 aliphatic heterocycles. The summed E-state index contributed by atoms with van der Waals surface area (Å²) in [7, 11) is 0. The topological polar surface area (TPSA) is 52.3 Å². The number of ether oxygens (including phenoxy) is 1. The lowest BCUT2D eigenvalue weighted by atomic mass is 9.72. The third-order valence-corrected chi connectivity index (χ3v) is 3.51. The van der Waals surface area contributed by atoms with E-state index in [1.54, 1.807) is 0 Å². The van der Waals surface area contributed by atoms with Crippen LogP contribution in [0.3, 0.4) is 0 Å². The fourth-order valence-corrected chi connectivity index (χ4v) is 2.21. The van der Waals surface area contributed by atoms with E-state index >= 15 is 0 Å². The second kappa shape index (κ2) is 4.36. The van der Waals surface area contributed by atoms with E-state index in [9.17, 15) is 4.79 Å². The van der Waals surface area contributed by atoms with Crippen LogP contribution in [0.15, 0.2) is 0 Å². The molecule has 3 nitrogen and oxygen atoms in total. The first-order valence-corrected chi connectivity index (χ1v) is 6.16. The van der Waals surface area contributed by atoms with Crippen molar-refractivity contribution in [1.82, 2.24) is 0 Å². The van der Waals surface area contributed by atoms with Gasteiger partial charge in [0.15, 0.2) is 0 Å². The van der Waals surface area contributed by atoms with Gasteiger partial charge in [-0.05, 0) is 51.9 Å². The summed E-state index contributed by atoms with van der Waals surface area (Å²) in [5, 5.41) is 0. The monoisotopic (exact) mass is 227 g/mol. The Morgan fingerprint density at radius 1 is 1.31 bits per heavy atom. The van der Waals surface area contributed by atoms with Crippen LogP contribution in [0.1, 0.15) is 53.9 Å². The molecule has 0 aromatic rings. The van der Waals surface area contributed by atoms with Crippen LogP contribution in [0.25, 0.3) is 0 Å². The largest absolute Gasteiger partial charge is 0.459 e. The Bertz CT molecular complexity index is 270. The van der Waals surface area contributed by atoms with Crippen LogP contribution in [0.5, 0.6) is 0 Å². The van der Waals surface area contributed by atoms with Gasteiger partial charge in [-0.15, -0.1) is 0 Å². The summed E-state index contributed by atoms with van der Waals surface area (Å²) in [5.41, 5.74) is 4.97. The molecular weight excluding hydrogens is 202 g/mol. The number of carbonyl (C=O) groups excluding carboxylic acids is 1. The summed E-state index contributed by atoms with van der Waals surface area (Å²) in [6.07, 6.45) is 2.49. The van der Waals surface area contributed by atoms with Gasteiger partial charge in [-0.25, -0.2) is 0 Å². The predicted molar refractivity (Wildman–Crippen MR) is 64.9 cm³/mol. The molecule has 0 bridgehead atoms. The molecule has 94 valence electrons. The number of hydrogen-bond donors (Lipinski definition) is 1. The number of hydrogen-bond acceptors (Lipinski definition) is 3. The molecule has 0 aromatic heterocycles. The van der Waals surface area contributed by atoms with Crippen molar-refractivity contribution in [2.45, 2.75) is 65.0 Å². The van der Waals surface area contributed by atoms with Crippen molar-refractivity contribution in [3.8, 4) is 0 Å². The van der Waals surface area contributed by atoms with Gasteiger partial charge in [0.1, 0.15) is 11.1 Å². The first-order chi connectivity index (χ1) is 7.14. The van der Waals surface area contributed by atoms with Crippen molar-refractivity contribution >= 4 is 5.97 Å². The normalized spacial score (nSPS) is 35.9. The molecule has 1 aliphatic carbocycles. The fraction of sp³-hybridized carbons (Fsp3) is 0.923.